The maximum absolute atomic E-state index is 13.5. The van der Waals surface area contributed by atoms with Crippen LogP contribution in [0.2, 0.25) is 5.15 Å². The normalized spacial score (nSPS) is 12.7. The van der Waals surface area contributed by atoms with E-state index in [2.05, 4.69) is 20.6 Å². The summed E-state index contributed by atoms with van der Waals surface area (Å²) in [5, 5.41) is 4.23. The van der Waals surface area contributed by atoms with Crippen LogP contribution in [0.25, 0.3) is 0 Å². The van der Waals surface area contributed by atoms with E-state index >= 15 is 0 Å². The summed E-state index contributed by atoms with van der Waals surface area (Å²) in [6, 6.07) is 9.47. The second kappa shape index (κ2) is 13.8. The number of carbonyl (C=O) groups is 2. The van der Waals surface area contributed by atoms with Gasteiger partial charge in [0, 0.05) is 28.6 Å². The van der Waals surface area contributed by atoms with Crippen LogP contribution >= 0.6 is 11.6 Å². The monoisotopic (exact) mass is 737 g/mol. The minimum Gasteiger partial charge on any atom is -0.744 e. The number of halogens is 1. The molecule has 0 fully saturated rings. The Morgan fingerprint density at radius 1 is 0.766 bits per heavy atom. The fourth-order valence-electron chi connectivity index (χ4n) is 4.55. The van der Waals surface area contributed by atoms with Crippen LogP contribution in [0.4, 0.5) is 28.6 Å². The van der Waals surface area contributed by atoms with Gasteiger partial charge < -0.3 is 25.5 Å². The Balaban J connectivity index is 0.00000300. The first kappa shape index (κ1) is 39.0. The zero-order valence-electron chi connectivity index (χ0n) is 24.8. The van der Waals surface area contributed by atoms with Crippen molar-refractivity contribution in [3.05, 3.63) is 81.5 Å². The van der Waals surface area contributed by atoms with Crippen LogP contribution in [0.1, 0.15) is 37.4 Å². The van der Waals surface area contributed by atoms with Gasteiger partial charge in [0.1, 0.15) is 31.2 Å². The van der Waals surface area contributed by atoms with E-state index in [4.69, 9.17) is 17.3 Å². The van der Waals surface area contributed by atoms with E-state index in [1.54, 1.807) is 0 Å². The maximum Gasteiger partial charge on any atom is 1.00 e. The van der Waals surface area contributed by atoms with Crippen molar-refractivity contribution in [2.24, 2.45) is 0 Å². The van der Waals surface area contributed by atoms with E-state index in [0.29, 0.717) is 0 Å². The van der Waals surface area contributed by atoms with Gasteiger partial charge in [0.05, 0.1) is 38.0 Å². The van der Waals surface area contributed by atoms with E-state index in [0.717, 1.165) is 24.5 Å². The number of aromatic nitrogens is 2. The van der Waals surface area contributed by atoms with Crippen molar-refractivity contribution in [1.82, 2.24) is 9.97 Å². The molecule has 0 saturated heterocycles. The van der Waals surface area contributed by atoms with Crippen LogP contribution in [0.3, 0.4) is 0 Å². The van der Waals surface area contributed by atoms with Crippen molar-refractivity contribution in [3.63, 3.8) is 0 Å². The van der Waals surface area contributed by atoms with Crippen LogP contribution in [-0.4, -0.2) is 62.1 Å². The Labute approximate surface area is 317 Å². The summed E-state index contributed by atoms with van der Waals surface area (Å²) in [6.07, 6.45) is 0.822. The molecule has 0 atom stereocenters. The first-order valence-corrected chi connectivity index (χ1v) is 17.4. The molecule has 4 aromatic rings. The summed E-state index contributed by atoms with van der Waals surface area (Å²) in [4.78, 5) is 32.5. The summed E-state index contributed by atoms with van der Waals surface area (Å²) in [5.41, 5.74) is 3.28. The number of ketones is 2. The Morgan fingerprint density at radius 2 is 1.32 bits per heavy atom. The minimum atomic E-state index is -5.29. The van der Waals surface area contributed by atoms with Gasteiger partial charge in [-0.3, -0.25) is 9.59 Å². The summed E-state index contributed by atoms with van der Waals surface area (Å²) >= 11 is 6.03. The number of fused-ring (bicyclic) bond motifs is 2. The molecule has 3 aromatic carbocycles. The van der Waals surface area contributed by atoms with Crippen molar-refractivity contribution in [1.29, 1.82) is 0 Å². The first-order chi connectivity index (χ1) is 20.8. The molecule has 0 unspecified atom stereocenters. The number of sulfone groups is 1. The van der Waals surface area contributed by atoms with E-state index in [-0.39, 0.29) is 98.2 Å². The van der Waals surface area contributed by atoms with E-state index in [1.807, 2.05) is 0 Å². The molecule has 5 rings (SSSR count). The summed E-state index contributed by atoms with van der Waals surface area (Å²) in [7, 11) is -14.5. The number of nitrogens with one attached hydrogen (secondary N) is 2. The van der Waals surface area contributed by atoms with Gasteiger partial charge >= 0.3 is 59.1 Å². The van der Waals surface area contributed by atoms with Crippen LogP contribution in [-0.2, 0) is 30.1 Å². The van der Waals surface area contributed by atoms with Crippen LogP contribution in [0.5, 0.6) is 0 Å². The van der Waals surface area contributed by atoms with Gasteiger partial charge in [-0.2, -0.15) is 0 Å². The average molecular weight is 738 g/mol. The molecule has 21 heteroatoms. The number of hydrogen-bond acceptors (Lipinski definition) is 15. The smallest absolute Gasteiger partial charge is 0.744 e. The van der Waals surface area contributed by atoms with Gasteiger partial charge in [-0.15, -0.1) is 0 Å². The zero-order valence-corrected chi connectivity index (χ0v) is 32.0. The standard InChI is InChI=1S/C26H20ClN5O10S3.2Na/c1-11-24(27)31-26(43(2,35)36)32-25(11)30-15-8-7-12(9-17(15)44(37,38)39)29-16-10-18(45(40,41)42)21(28)20-19(16)22(33)13-5-3-4-6-14(13)23(20)34;;/h3-10,29H,28H2,1-2H3,(H,30,31,32)(H,37,38,39)(H,40,41,42);;/q;2*+1/p-2. The molecule has 47 heavy (non-hydrogen) atoms. The minimum absolute atomic E-state index is 0. The third-order valence-corrected chi connectivity index (χ3v) is 9.62. The van der Waals surface area contributed by atoms with E-state index in [9.17, 15) is 43.9 Å². The number of benzene rings is 3. The molecule has 0 spiro atoms. The van der Waals surface area contributed by atoms with Crippen LogP contribution < -0.4 is 75.5 Å². The Morgan fingerprint density at radius 3 is 1.85 bits per heavy atom. The quantitative estimate of drug-likeness (QED) is 0.0481. The van der Waals surface area contributed by atoms with Gasteiger partial charge in [-0.1, -0.05) is 35.9 Å². The summed E-state index contributed by atoms with van der Waals surface area (Å²) < 4.78 is 97.1. The summed E-state index contributed by atoms with van der Waals surface area (Å²) in [6.45, 7) is 1.40. The number of carbonyl (C=O) groups excluding carboxylic acids is 2. The number of nitrogen functional groups attached to an aromatic ring is 1. The number of anilines is 5. The molecule has 0 aliphatic heterocycles. The van der Waals surface area contributed by atoms with Crippen LogP contribution in [0, 0.1) is 6.92 Å². The predicted molar refractivity (Wildman–Crippen MR) is 158 cm³/mol. The largest absolute Gasteiger partial charge is 1.00 e. The predicted octanol–water partition coefficient (Wildman–Crippen LogP) is -3.50. The topological polar surface area (TPSA) is 259 Å². The van der Waals surface area contributed by atoms with Crippen molar-refractivity contribution in [2.45, 2.75) is 21.9 Å². The molecular formula is C26H18ClN5Na2O10S3. The molecule has 15 nitrogen and oxygen atoms in total. The van der Waals surface area contributed by atoms with Gasteiger partial charge in [-0.05, 0) is 31.2 Å². The molecule has 0 amide bonds. The second-order valence-corrected chi connectivity index (χ2v) is 14.7. The van der Waals surface area contributed by atoms with Crippen molar-refractivity contribution >= 4 is 81.8 Å². The number of rotatable bonds is 7. The molecule has 0 radical (unpaired) electrons. The number of hydrogen-bond donors (Lipinski definition) is 3. The van der Waals surface area contributed by atoms with Crippen molar-refractivity contribution in [3.8, 4) is 0 Å². The summed E-state index contributed by atoms with van der Waals surface area (Å²) in [5.74, 6) is -1.82. The molecule has 1 aliphatic rings. The molecule has 0 saturated carbocycles. The average Bonchev–Trinajstić information content (AvgIpc) is 2.93. The molecule has 4 N–H and O–H groups in total. The Hall–Kier alpha value is -2.46. The van der Waals surface area contributed by atoms with E-state index in [1.165, 1.54) is 37.3 Å². The van der Waals surface area contributed by atoms with Crippen molar-refractivity contribution in [2.75, 3.05) is 22.6 Å². The zero-order chi connectivity index (χ0) is 33.2. The Kier molecular flexibility index (Phi) is 11.5. The molecule has 0 bridgehead atoms. The van der Waals surface area contributed by atoms with E-state index < -0.39 is 79.1 Å². The second-order valence-electron chi connectivity index (χ2n) is 9.70. The maximum atomic E-state index is 13.5. The first-order valence-electron chi connectivity index (χ1n) is 12.3. The molecule has 1 aromatic heterocycles. The molecule has 1 aliphatic carbocycles. The number of nitrogens with two attached hydrogens (primary N) is 1. The molecule has 1 heterocycles. The molecule has 234 valence electrons. The van der Waals surface area contributed by atoms with Crippen molar-refractivity contribution < 1.29 is 103 Å². The Bertz CT molecular complexity index is 2340. The van der Waals surface area contributed by atoms with Gasteiger partial charge in [0.2, 0.25) is 15.0 Å². The number of nitrogens with zero attached hydrogens (tertiary/aromatic N) is 2. The third-order valence-electron chi connectivity index (χ3n) is 6.65. The fraction of sp³-hybridized carbons (Fsp3) is 0.0769. The van der Waals surface area contributed by atoms with Crippen LogP contribution in [0.15, 0.2) is 63.5 Å². The fourth-order valence-corrected chi connectivity index (χ4v) is 6.58. The van der Waals surface area contributed by atoms with Gasteiger partial charge in [-0.25, -0.2) is 35.2 Å². The third kappa shape index (κ3) is 7.58. The van der Waals surface area contributed by atoms with Gasteiger partial charge in [0.25, 0.3) is 0 Å². The molecular weight excluding hydrogens is 720 g/mol. The SMILES string of the molecule is Cc1c(Cl)nc(S(C)(=O)=O)nc1Nc1ccc(Nc2cc(S(=O)(=O)[O-])c(N)c3c2C(=O)c2ccccc2C3=O)cc1S(=O)(=O)[O-].[Na+].[Na+]. The van der Waals surface area contributed by atoms with Gasteiger partial charge in [0.15, 0.2) is 11.6 Å².